The molecule has 0 radical (unpaired) electrons. The lowest BCUT2D eigenvalue weighted by atomic mass is 9.76. The van der Waals surface area contributed by atoms with Crippen molar-refractivity contribution in [2.75, 3.05) is 7.11 Å². The summed E-state index contributed by atoms with van der Waals surface area (Å²) >= 11 is 0. The Kier molecular flexibility index (Phi) is 5.03. The Morgan fingerprint density at radius 1 is 1.28 bits per heavy atom. The SMILES string of the molecule is COc1ccc([C@H](NS(=O)(=O)c2ccccc2F)C2CC(O)C2)cn1. The van der Waals surface area contributed by atoms with Crippen LogP contribution in [0.4, 0.5) is 4.39 Å². The topological polar surface area (TPSA) is 88.5 Å². The quantitative estimate of drug-likeness (QED) is 0.817. The predicted octanol–water partition coefficient (Wildman–Crippen LogP) is 2.02. The van der Waals surface area contributed by atoms with Crippen LogP contribution in [0.15, 0.2) is 47.5 Å². The number of hydrogen-bond acceptors (Lipinski definition) is 5. The highest BCUT2D eigenvalue weighted by Gasteiger charge is 2.37. The Balaban J connectivity index is 1.91. The number of benzene rings is 1. The molecule has 0 bridgehead atoms. The van der Waals surface area contributed by atoms with E-state index in [1.54, 1.807) is 12.1 Å². The minimum Gasteiger partial charge on any atom is -0.481 e. The maximum Gasteiger partial charge on any atom is 0.244 e. The standard InChI is InChI=1S/C17H19FN2O4S/c1-24-16-7-6-11(10-19-16)17(12-8-13(21)9-12)20-25(22,23)15-5-3-2-4-14(15)18/h2-7,10,12-13,17,20-21H,8-9H2,1H3/t12?,13?,17-/m0/s1. The molecule has 134 valence electrons. The summed E-state index contributed by atoms with van der Waals surface area (Å²) in [7, 11) is -2.57. The normalized spacial score (nSPS) is 21.4. The molecule has 1 aliphatic rings. The minimum absolute atomic E-state index is 0.0910. The molecule has 1 fully saturated rings. The maximum absolute atomic E-state index is 13.9. The van der Waals surface area contributed by atoms with E-state index in [1.165, 1.54) is 31.5 Å². The number of nitrogens with one attached hydrogen (secondary N) is 1. The molecule has 3 rings (SSSR count). The first-order valence-corrected chi connectivity index (χ1v) is 9.34. The lowest BCUT2D eigenvalue weighted by Crippen LogP contribution is -2.41. The molecule has 1 aromatic carbocycles. The summed E-state index contributed by atoms with van der Waals surface area (Å²) in [5, 5.41) is 9.58. The van der Waals surface area contributed by atoms with Crippen molar-refractivity contribution in [1.29, 1.82) is 0 Å². The molecule has 0 spiro atoms. The second kappa shape index (κ2) is 7.07. The van der Waals surface area contributed by atoms with Gasteiger partial charge in [-0.1, -0.05) is 18.2 Å². The van der Waals surface area contributed by atoms with Gasteiger partial charge in [-0.05, 0) is 36.5 Å². The summed E-state index contributed by atoms with van der Waals surface area (Å²) < 4.78 is 46.7. The third-order valence-corrected chi connectivity index (χ3v) is 5.83. The number of sulfonamides is 1. The van der Waals surface area contributed by atoms with Gasteiger partial charge >= 0.3 is 0 Å². The highest BCUT2D eigenvalue weighted by molar-refractivity contribution is 7.89. The summed E-state index contributed by atoms with van der Waals surface area (Å²) in [6.07, 6.45) is 2.02. The zero-order valence-corrected chi connectivity index (χ0v) is 14.4. The Morgan fingerprint density at radius 3 is 2.56 bits per heavy atom. The van der Waals surface area contributed by atoms with Crippen molar-refractivity contribution in [3.05, 3.63) is 54.0 Å². The molecular formula is C17H19FN2O4S. The Hall–Kier alpha value is -2.03. The molecular weight excluding hydrogens is 347 g/mol. The molecule has 0 aliphatic heterocycles. The second-order valence-corrected chi connectivity index (χ2v) is 7.73. The number of aromatic nitrogens is 1. The van der Waals surface area contributed by atoms with E-state index in [9.17, 15) is 17.9 Å². The van der Waals surface area contributed by atoms with Gasteiger partial charge in [-0.15, -0.1) is 0 Å². The first kappa shape index (κ1) is 17.8. The molecule has 0 saturated heterocycles. The van der Waals surface area contributed by atoms with E-state index in [-0.39, 0.29) is 5.92 Å². The van der Waals surface area contributed by atoms with E-state index >= 15 is 0 Å². The van der Waals surface area contributed by atoms with Gasteiger partial charge in [0, 0.05) is 12.3 Å². The highest BCUT2D eigenvalue weighted by Crippen LogP contribution is 2.39. The van der Waals surface area contributed by atoms with Crippen LogP contribution in [0.5, 0.6) is 5.88 Å². The first-order chi connectivity index (χ1) is 11.9. The first-order valence-electron chi connectivity index (χ1n) is 7.85. The second-order valence-electron chi connectivity index (χ2n) is 6.05. The number of aliphatic hydroxyl groups is 1. The molecule has 6 nitrogen and oxygen atoms in total. The average Bonchev–Trinajstić information content (AvgIpc) is 2.57. The van der Waals surface area contributed by atoms with E-state index in [1.807, 2.05) is 0 Å². The molecule has 2 aromatic rings. The zero-order valence-electron chi connectivity index (χ0n) is 13.6. The number of methoxy groups -OCH3 is 1. The Bertz CT molecular complexity index is 836. The molecule has 0 unspecified atom stereocenters. The lowest BCUT2D eigenvalue weighted by Gasteiger charge is -2.38. The van der Waals surface area contributed by atoms with Crippen molar-refractivity contribution in [1.82, 2.24) is 9.71 Å². The van der Waals surface area contributed by atoms with Crippen LogP contribution < -0.4 is 9.46 Å². The van der Waals surface area contributed by atoms with Gasteiger partial charge in [0.05, 0.1) is 19.3 Å². The predicted molar refractivity (Wildman–Crippen MR) is 89.0 cm³/mol. The number of nitrogens with zero attached hydrogens (tertiary/aromatic N) is 1. The number of rotatable bonds is 6. The zero-order chi connectivity index (χ0) is 18.0. The fourth-order valence-corrected chi connectivity index (χ4v) is 4.30. The van der Waals surface area contributed by atoms with Crippen LogP contribution in [0.3, 0.4) is 0 Å². The van der Waals surface area contributed by atoms with Crippen LogP contribution >= 0.6 is 0 Å². The monoisotopic (exact) mass is 366 g/mol. The summed E-state index contributed by atoms with van der Waals surface area (Å²) in [6, 6.07) is 7.96. The van der Waals surface area contributed by atoms with Gasteiger partial charge < -0.3 is 9.84 Å². The lowest BCUT2D eigenvalue weighted by molar-refractivity contribution is 0.0279. The summed E-state index contributed by atoms with van der Waals surface area (Å²) in [4.78, 5) is 3.70. The van der Waals surface area contributed by atoms with Crippen molar-refractivity contribution in [2.45, 2.75) is 29.9 Å². The minimum atomic E-state index is -4.06. The largest absolute Gasteiger partial charge is 0.481 e. The van der Waals surface area contributed by atoms with Gasteiger partial charge in [0.15, 0.2) is 0 Å². The van der Waals surface area contributed by atoms with Crippen LogP contribution in [0.25, 0.3) is 0 Å². The van der Waals surface area contributed by atoms with E-state index in [0.717, 1.165) is 6.07 Å². The number of aliphatic hydroxyl groups excluding tert-OH is 1. The smallest absolute Gasteiger partial charge is 0.244 e. The average molecular weight is 366 g/mol. The number of hydrogen-bond donors (Lipinski definition) is 2. The number of pyridine rings is 1. The van der Waals surface area contributed by atoms with Gasteiger partial charge in [-0.2, -0.15) is 0 Å². The third-order valence-electron chi connectivity index (χ3n) is 4.36. The molecule has 2 N–H and O–H groups in total. The molecule has 1 aromatic heterocycles. The molecule has 25 heavy (non-hydrogen) atoms. The van der Waals surface area contributed by atoms with E-state index in [2.05, 4.69) is 9.71 Å². The third kappa shape index (κ3) is 3.81. The van der Waals surface area contributed by atoms with Crippen molar-refractivity contribution in [2.24, 2.45) is 5.92 Å². The van der Waals surface area contributed by atoms with Crippen molar-refractivity contribution in [3.63, 3.8) is 0 Å². The Labute approximate surface area is 145 Å². The van der Waals surface area contributed by atoms with E-state index in [0.29, 0.717) is 24.3 Å². The Morgan fingerprint density at radius 2 is 2.00 bits per heavy atom. The fourth-order valence-electron chi connectivity index (χ4n) is 2.93. The van der Waals surface area contributed by atoms with Gasteiger partial charge in [0.25, 0.3) is 0 Å². The van der Waals surface area contributed by atoms with Gasteiger partial charge in [0.2, 0.25) is 15.9 Å². The van der Waals surface area contributed by atoms with Crippen LogP contribution in [-0.2, 0) is 10.0 Å². The van der Waals surface area contributed by atoms with Gasteiger partial charge in [-0.3, -0.25) is 0 Å². The number of halogens is 1. The highest BCUT2D eigenvalue weighted by atomic mass is 32.2. The maximum atomic E-state index is 13.9. The van der Waals surface area contributed by atoms with Crippen LogP contribution in [0.1, 0.15) is 24.4 Å². The number of ether oxygens (including phenoxy) is 1. The molecule has 1 aliphatic carbocycles. The van der Waals surface area contributed by atoms with Crippen LogP contribution in [-0.4, -0.2) is 31.7 Å². The molecule has 1 saturated carbocycles. The van der Waals surface area contributed by atoms with Crippen LogP contribution in [0.2, 0.25) is 0 Å². The molecule has 8 heteroatoms. The van der Waals surface area contributed by atoms with E-state index in [4.69, 9.17) is 4.74 Å². The molecule has 0 amide bonds. The van der Waals surface area contributed by atoms with Crippen molar-refractivity contribution >= 4 is 10.0 Å². The van der Waals surface area contributed by atoms with Gasteiger partial charge in [0.1, 0.15) is 10.7 Å². The molecule has 1 atom stereocenters. The van der Waals surface area contributed by atoms with E-state index < -0.39 is 32.9 Å². The summed E-state index contributed by atoms with van der Waals surface area (Å²) in [5.41, 5.74) is 0.637. The fraction of sp³-hybridized carbons (Fsp3) is 0.353. The molecule has 1 heterocycles. The van der Waals surface area contributed by atoms with Gasteiger partial charge in [-0.25, -0.2) is 22.5 Å². The van der Waals surface area contributed by atoms with Crippen molar-refractivity contribution in [3.8, 4) is 5.88 Å². The summed E-state index contributed by atoms with van der Waals surface area (Å²) in [6.45, 7) is 0. The summed E-state index contributed by atoms with van der Waals surface area (Å²) in [5.74, 6) is -0.491. The van der Waals surface area contributed by atoms with Crippen molar-refractivity contribution < 1.29 is 22.7 Å². The van der Waals surface area contributed by atoms with Crippen LogP contribution in [0, 0.1) is 11.7 Å².